The van der Waals surface area contributed by atoms with E-state index in [1.54, 1.807) is 5.19 Å². The Morgan fingerprint density at radius 1 is 1.05 bits per heavy atom. The Kier molecular flexibility index (Phi) is 6.78. The highest BCUT2D eigenvalue weighted by Crippen LogP contribution is 2.22. The van der Waals surface area contributed by atoms with Crippen LogP contribution in [0.4, 0.5) is 0 Å². The SMILES string of the molecule is CCC[Si](C)(CCCN1CCCCC1)c1ccc(Cl)cc1. The number of halogens is 1. The maximum absolute atomic E-state index is 6.05. The third-order valence-electron chi connectivity index (χ3n) is 4.99. The van der Waals surface area contributed by atoms with Gasteiger partial charge >= 0.3 is 0 Å². The molecule has 21 heavy (non-hydrogen) atoms. The molecule has 0 aliphatic carbocycles. The Hall–Kier alpha value is -0.313. The Morgan fingerprint density at radius 2 is 1.71 bits per heavy atom. The number of nitrogens with zero attached hydrogens (tertiary/aromatic N) is 1. The van der Waals surface area contributed by atoms with Crippen LogP contribution < -0.4 is 5.19 Å². The predicted octanol–water partition coefficient (Wildman–Crippen LogP) is 4.91. The van der Waals surface area contributed by atoms with E-state index in [2.05, 4.69) is 42.6 Å². The molecule has 118 valence electrons. The van der Waals surface area contributed by atoms with Crippen molar-refractivity contribution < 1.29 is 0 Å². The van der Waals surface area contributed by atoms with Crippen LogP contribution in [0.3, 0.4) is 0 Å². The fourth-order valence-corrected chi connectivity index (χ4v) is 7.66. The zero-order valence-electron chi connectivity index (χ0n) is 13.7. The molecule has 1 fully saturated rings. The van der Waals surface area contributed by atoms with Crippen LogP contribution in [0, 0.1) is 0 Å². The van der Waals surface area contributed by atoms with Crippen LogP contribution in [0.1, 0.15) is 39.0 Å². The largest absolute Gasteiger partial charge is 0.303 e. The molecule has 1 atom stereocenters. The Balaban J connectivity index is 1.92. The molecule has 3 heteroatoms. The standard InChI is InChI=1S/C18H30ClNSi/c1-3-15-21(2,18-10-8-17(19)9-11-18)16-7-14-20-12-5-4-6-13-20/h8-11H,3-7,12-16H2,1-2H3. The smallest absolute Gasteiger partial charge is 0.0837 e. The van der Waals surface area contributed by atoms with Crippen molar-refractivity contribution >= 4 is 24.9 Å². The van der Waals surface area contributed by atoms with Gasteiger partial charge in [0.25, 0.3) is 0 Å². The van der Waals surface area contributed by atoms with Crippen LogP contribution in [0.25, 0.3) is 0 Å². The van der Waals surface area contributed by atoms with E-state index in [-0.39, 0.29) is 0 Å². The van der Waals surface area contributed by atoms with E-state index < -0.39 is 8.07 Å². The fourth-order valence-electron chi connectivity index (χ4n) is 3.69. The normalized spacial score (nSPS) is 19.4. The lowest BCUT2D eigenvalue weighted by molar-refractivity contribution is 0.229. The lowest BCUT2D eigenvalue weighted by Gasteiger charge is -2.31. The highest BCUT2D eigenvalue weighted by molar-refractivity contribution is 6.90. The summed E-state index contributed by atoms with van der Waals surface area (Å²) in [6.45, 7) is 8.85. The number of hydrogen-bond donors (Lipinski definition) is 0. The van der Waals surface area contributed by atoms with Gasteiger partial charge in [0, 0.05) is 5.02 Å². The fraction of sp³-hybridized carbons (Fsp3) is 0.667. The number of likely N-dealkylation sites (tertiary alicyclic amines) is 1. The van der Waals surface area contributed by atoms with Gasteiger partial charge in [0.1, 0.15) is 0 Å². The number of piperidine rings is 1. The second-order valence-corrected chi connectivity index (χ2v) is 12.0. The minimum absolute atomic E-state index is 0.861. The first-order valence-corrected chi connectivity index (χ1v) is 11.9. The Morgan fingerprint density at radius 3 is 2.33 bits per heavy atom. The molecular weight excluding hydrogens is 294 g/mol. The van der Waals surface area contributed by atoms with Crippen LogP contribution in [-0.4, -0.2) is 32.6 Å². The average Bonchev–Trinajstić information content (AvgIpc) is 2.49. The number of rotatable bonds is 7. The van der Waals surface area contributed by atoms with E-state index in [0.717, 1.165) is 5.02 Å². The van der Waals surface area contributed by atoms with Gasteiger partial charge in [-0.2, -0.15) is 0 Å². The third kappa shape index (κ3) is 5.12. The molecule has 0 N–H and O–H groups in total. The average molecular weight is 324 g/mol. The lowest BCUT2D eigenvalue weighted by atomic mass is 10.1. The first-order chi connectivity index (χ1) is 10.1. The summed E-state index contributed by atoms with van der Waals surface area (Å²) in [5.74, 6) is 0. The van der Waals surface area contributed by atoms with Crippen molar-refractivity contribution in [1.82, 2.24) is 4.90 Å². The van der Waals surface area contributed by atoms with Gasteiger partial charge in [0.15, 0.2) is 0 Å². The van der Waals surface area contributed by atoms with Crippen LogP contribution >= 0.6 is 11.6 Å². The van der Waals surface area contributed by atoms with Crippen LogP contribution in [0.2, 0.25) is 23.7 Å². The summed E-state index contributed by atoms with van der Waals surface area (Å²) in [7, 11) is -1.32. The van der Waals surface area contributed by atoms with Crippen LogP contribution in [-0.2, 0) is 0 Å². The monoisotopic (exact) mass is 323 g/mol. The summed E-state index contributed by atoms with van der Waals surface area (Å²) >= 11 is 6.05. The zero-order valence-corrected chi connectivity index (χ0v) is 15.5. The van der Waals surface area contributed by atoms with Crippen molar-refractivity contribution in [3.63, 3.8) is 0 Å². The molecule has 0 bridgehead atoms. The van der Waals surface area contributed by atoms with Gasteiger partial charge < -0.3 is 4.90 Å². The second-order valence-electron chi connectivity index (χ2n) is 6.82. The Labute approximate surface area is 136 Å². The molecule has 0 spiro atoms. The van der Waals surface area contributed by atoms with Crippen molar-refractivity contribution in [2.45, 2.75) is 57.7 Å². The van der Waals surface area contributed by atoms with E-state index in [4.69, 9.17) is 11.6 Å². The molecule has 0 saturated carbocycles. The van der Waals surface area contributed by atoms with Crippen molar-refractivity contribution in [2.75, 3.05) is 19.6 Å². The van der Waals surface area contributed by atoms with Crippen LogP contribution in [0.5, 0.6) is 0 Å². The van der Waals surface area contributed by atoms with E-state index in [0.29, 0.717) is 0 Å². The minimum Gasteiger partial charge on any atom is -0.303 e. The molecule has 1 saturated heterocycles. The molecule has 1 aromatic rings. The summed E-state index contributed by atoms with van der Waals surface area (Å²) in [4.78, 5) is 2.67. The number of hydrogen-bond acceptors (Lipinski definition) is 1. The first-order valence-electron chi connectivity index (χ1n) is 8.62. The molecule has 1 aromatic carbocycles. The molecule has 0 aromatic heterocycles. The van der Waals surface area contributed by atoms with Gasteiger partial charge in [0.2, 0.25) is 0 Å². The van der Waals surface area contributed by atoms with E-state index in [9.17, 15) is 0 Å². The Bertz CT molecular complexity index is 414. The summed E-state index contributed by atoms with van der Waals surface area (Å²) in [6, 6.07) is 11.5. The van der Waals surface area contributed by atoms with Gasteiger partial charge in [0.05, 0.1) is 8.07 Å². The molecule has 1 unspecified atom stereocenters. The van der Waals surface area contributed by atoms with Gasteiger partial charge in [-0.3, -0.25) is 0 Å². The van der Waals surface area contributed by atoms with Crippen molar-refractivity contribution in [3.8, 4) is 0 Å². The molecule has 1 aliphatic rings. The zero-order chi connectivity index (χ0) is 15.1. The van der Waals surface area contributed by atoms with Crippen molar-refractivity contribution in [3.05, 3.63) is 29.3 Å². The molecule has 2 rings (SSSR count). The van der Waals surface area contributed by atoms with Gasteiger partial charge in [-0.25, -0.2) is 0 Å². The maximum atomic E-state index is 6.05. The summed E-state index contributed by atoms with van der Waals surface area (Å²) in [6.07, 6.45) is 6.91. The number of benzene rings is 1. The summed E-state index contributed by atoms with van der Waals surface area (Å²) in [5.41, 5.74) is 0. The topological polar surface area (TPSA) is 3.24 Å². The highest BCUT2D eigenvalue weighted by Gasteiger charge is 2.28. The van der Waals surface area contributed by atoms with Crippen molar-refractivity contribution in [2.24, 2.45) is 0 Å². The van der Waals surface area contributed by atoms with Gasteiger partial charge in [-0.15, -0.1) is 0 Å². The second kappa shape index (κ2) is 8.35. The summed E-state index contributed by atoms with van der Waals surface area (Å²) < 4.78 is 0. The van der Waals surface area contributed by atoms with Gasteiger partial charge in [-0.05, 0) is 51.0 Å². The van der Waals surface area contributed by atoms with E-state index in [1.165, 1.54) is 63.8 Å². The minimum atomic E-state index is -1.32. The van der Waals surface area contributed by atoms with E-state index >= 15 is 0 Å². The highest BCUT2D eigenvalue weighted by atomic mass is 35.5. The molecule has 0 radical (unpaired) electrons. The van der Waals surface area contributed by atoms with E-state index in [1.807, 2.05) is 0 Å². The molecule has 1 nitrogen and oxygen atoms in total. The maximum Gasteiger partial charge on any atom is 0.0837 e. The molecule has 1 heterocycles. The molecular formula is C18H30ClNSi. The van der Waals surface area contributed by atoms with Crippen LogP contribution in [0.15, 0.2) is 24.3 Å². The summed E-state index contributed by atoms with van der Waals surface area (Å²) in [5, 5.41) is 2.45. The third-order valence-corrected chi connectivity index (χ3v) is 10.0. The molecule has 0 amide bonds. The quantitative estimate of drug-likeness (QED) is 0.644. The van der Waals surface area contributed by atoms with Gasteiger partial charge in [-0.1, -0.05) is 67.3 Å². The first kappa shape index (κ1) is 17.0. The molecule has 1 aliphatic heterocycles. The predicted molar refractivity (Wildman–Crippen MR) is 97.5 cm³/mol. The lowest BCUT2D eigenvalue weighted by Crippen LogP contribution is -2.45. The van der Waals surface area contributed by atoms with Crippen molar-refractivity contribution in [1.29, 1.82) is 0 Å².